The molecule has 1 aliphatic heterocycles. The molecular formula is C16H27N3. The Morgan fingerprint density at radius 1 is 1.05 bits per heavy atom. The summed E-state index contributed by atoms with van der Waals surface area (Å²) in [6.45, 7) is 9.96. The number of anilines is 1. The van der Waals surface area contributed by atoms with Crippen LogP contribution in [0.3, 0.4) is 0 Å². The zero-order valence-electron chi connectivity index (χ0n) is 12.3. The van der Waals surface area contributed by atoms with E-state index >= 15 is 0 Å². The van der Waals surface area contributed by atoms with Crippen molar-refractivity contribution >= 4 is 5.69 Å². The largest absolute Gasteiger partial charge is 0.369 e. The van der Waals surface area contributed by atoms with Gasteiger partial charge in [0.1, 0.15) is 0 Å². The Bertz CT molecular complexity index is 364. The maximum absolute atomic E-state index is 5.55. The first kappa shape index (κ1) is 14.4. The van der Waals surface area contributed by atoms with Gasteiger partial charge < -0.3 is 10.6 Å². The summed E-state index contributed by atoms with van der Waals surface area (Å²) in [6.07, 6.45) is 2.17. The van der Waals surface area contributed by atoms with E-state index in [4.69, 9.17) is 5.73 Å². The zero-order valence-corrected chi connectivity index (χ0v) is 12.3. The number of nitrogens with two attached hydrogens (primary N) is 1. The third-order valence-electron chi connectivity index (χ3n) is 4.02. The highest BCUT2D eigenvalue weighted by molar-refractivity contribution is 5.48. The normalized spacial score (nSPS) is 17.2. The van der Waals surface area contributed by atoms with Crippen LogP contribution < -0.4 is 10.6 Å². The SMILES string of the molecule is CC(C)N1CCN(c2ccc(CCCN)cc2)CC1. The Morgan fingerprint density at radius 3 is 2.21 bits per heavy atom. The number of piperazine rings is 1. The van der Waals surface area contributed by atoms with Gasteiger partial charge in [-0.3, -0.25) is 4.90 Å². The molecule has 0 spiro atoms. The molecule has 0 amide bonds. The molecular weight excluding hydrogens is 234 g/mol. The van der Waals surface area contributed by atoms with E-state index < -0.39 is 0 Å². The van der Waals surface area contributed by atoms with E-state index in [9.17, 15) is 0 Å². The molecule has 3 heteroatoms. The Balaban J connectivity index is 1.89. The molecule has 3 nitrogen and oxygen atoms in total. The van der Waals surface area contributed by atoms with Gasteiger partial charge in [0.05, 0.1) is 0 Å². The average Bonchev–Trinajstić information content (AvgIpc) is 2.46. The minimum Gasteiger partial charge on any atom is -0.369 e. The first-order valence-corrected chi connectivity index (χ1v) is 7.48. The molecule has 19 heavy (non-hydrogen) atoms. The maximum atomic E-state index is 5.55. The van der Waals surface area contributed by atoms with Crippen molar-refractivity contribution in [3.8, 4) is 0 Å². The molecule has 0 aromatic heterocycles. The highest BCUT2D eigenvalue weighted by Crippen LogP contribution is 2.18. The van der Waals surface area contributed by atoms with Crippen molar-refractivity contribution in [2.75, 3.05) is 37.6 Å². The first-order chi connectivity index (χ1) is 9.20. The lowest BCUT2D eigenvalue weighted by Crippen LogP contribution is -2.48. The highest BCUT2D eigenvalue weighted by atomic mass is 15.3. The van der Waals surface area contributed by atoms with E-state index in [1.165, 1.54) is 24.3 Å². The van der Waals surface area contributed by atoms with E-state index in [0.717, 1.165) is 32.5 Å². The minimum absolute atomic E-state index is 0.667. The van der Waals surface area contributed by atoms with Crippen molar-refractivity contribution in [3.05, 3.63) is 29.8 Å². The van der Waals surface area contributed by atoms with Gasteiger partial charge in [-0.25, -0.2) is 0 Å². The summed E-state index contributed by atoms with van der Waals surface area (Å²) in [4.78, 5) is 5.04. The summed E-state index contributed by atoms with van der Waals surface area (Å²) >= 11 is 0. The molecule has 2 rings (SSSR count). The standard InChI is InChI=1S/C16H27N3/c1-14(2)18-10-12-19(13-11-18)16-7-5-15(6-8-16)4-3-9-17/h5-8,14H,3-4,9-13,17H2,1-2H3. The fourth-order valence-electron chi connectivity index (χ4n) is 2.68. The summed E-state index contributed by atoms with van der Waals surface area (Å²) in [7, 11) is 0. The number of hydrogen-bond acceptors (Lipinski definition) is 3. The van der Waals surface area contributed by atoms with Crippen LogP contribution in [0.4, 0.5) is 5.69 Å². The van der Waals surface area contributed by atoms with Crippen molar-refractivity contribution in [3.63, 3.8) is 0 Å². The molecule has 1 heterocycles. The predicted octanol–water partition coefficient (Wildman–Crippen LogP) is 2.11. The van der Waals surface area contributed by atoms with E-state index in [0.29, 0.717) is 6.04 Å². The second kappa shape index (κ2) is 6.92. The molecule has 0 atom stereocenters. The molecule has 1 aromatic carbocycles. The Kier molecular flexibility index (Phi) is 5.23. The Morgan fingerprint density at radius 2 is 1.68 bits per heavy atom. The maximum Gasteiger partial charge on any atom is 0.0367 e. The van der Waals surface area contributed by atoms with Crippen molar-refractivity contribution in [2.45, 2.75) is 32.7 Å². The lowest BCUT2D eigenvalue weighted by molar-refractivity contribution is 0.209. The van der Waals surface area contributed by atoms with Crippen molar-refractivity contribution < 1.29 is 0 Å². The van der Waals surface area contributed by atoms with E-state index in [2.05, 4.69) is 47.9 Å². The molecule has 1 saturated heterocycles. The van der Waals surface area contributed by atoms with Crippen LogP contribution in [0.25, 0.3) is 0 Å². The van der Waals surface area contributed by atoms with Gasteiger partial charge in [0.25, 0.3) is 0 Å². The van der Waals surface area contributed by atoms with Crippen molar-refractivity contribution in [2.24, 2.45) is 5.73 Å². The zero-order chi connectivity index (χ0) is 13.7. The van der Waals surface area contributed by atoms with Gasteiger partial charge in [0, 0.05) is 37.9 Å². The number of nitrogens with zero attached hydrogens (tertiary/aromatic N) is 2. The molecule has 0 aliphatic carbocycles. The summed E-state index contributed by atoms with van der Waals surface area (Å²) < 4.78 is 0. The van der Waals surface area contributed by atoms with Gasteiger partial charge in [-0.05, 0) is 50.9 Å². The topological polar surface area (TPSA) is 32.5 Å². The Labute approximate surface area is 117 Å². The van der Waals surface area contributed by atoms with Crippen molar-refractivity contribution in [1.29, 1.82) is 0 Å². The number of benzene rings is 1. The molecule has 0 unspecified atom stereocenters. The van der Waals surface area contributed by atoms with Crippen LogP contribution in [0.15, 0.2) is 24.3 Å². The molecule has 0 saturated carbocycles. The van der Waals surface area contributed by atoms with Gasteiger partial charge in [-0.15, -0.1) is 0 Å². The van der Waals surface area contributed by atoms with Crippen LogP contribution in [0.1, 0.15) is 25.8 Å². The second-order valence-electron chi connectivity index (χ2n) is 5.68. The highest BCUT2D eigenvalue weighted by Gasteiger charge is 2.18. The number of rotatable bonds is 5. The summed E-state index contributed by atoms with van der Waals surface area (Å²) in [5.41, 5.74) is 8.31. The smallest absolute Gasteiger partial charge is 0.0367 e. The summed E-state index contributed by atoms with van der Waals surface area (Å²) in [6, 6.07) is 9.69. The molecule has 0 radical (unpaired) electrons. The quantitative estimate of drug-likeness (QED) is 0.881. The molecule has 1 aliphatic rings. The monoisotopic (exact) mass is 261 g/mol. The molecule has 1 aromatic rings. The fraction of sp³-hybridized carbons (Fsp3) is 0.625. The third kappa shape index (κ3) is 3.95. The predicted molar refractivity (Wildman–Crippen MR) is 82.7 cm³/mol. The van der Waals surface area contributed by atoms with E-state index in [-0.39, 0.29) is 0 Å². The first-order valence-electron chi connectivity index (χ1n) is 7.48. The van der Waals surface area contributed by atoms with Crippen LogP contribution in [0.2, 0.25) is 0 Å². The summed E-state index contributed by atoms with van der Waals surface area (Å²) in [5.74, 6) is 0. The minimum atomic E-state index is 0.667. The Hall–Kier alpha value is -1.06. The molecule has 0 bridgehead atoms. The van der Waals surface area contributed by atoms with Crippen molar-refractivity contribution in [1.82, 2.24) is 4.90 Å². The van der Waals surface area contributed by atoms with Crippen LogP contribution in [0.5, 0.6) is 0 Å². The molecule has 1 fully saturated rings. The van der Waals surface area contributed by atoms with Gasteiger partial charge >= 0.3 is 0 Å². The van der Waals surface area contributed by atoms with E-state index in [1.54, 1.807) is 0 Å². The van der Waals surface area contributed by atoms with Gasteiger partial charge in [0.2, 0.25) is 0 Å². The average molecular weight is 261 g/mol. The number of aryl methyl sites for hydroxylation is 1. The molecule has 2 N–H and O–H groups in total. The van der Waals surface area contributed by atoms with Gasteiger partial charge in [-0.2, -0.15) is 0 Å². The van der Waals surface area contributed by atoms with Crippen LogP contribution >= 0.6 is 0 Å². The van der Waals surface area contributed by atoms with Gasteiger partial charge in [0.15, 0.2) is 0 Å². The lowest BCUT2D eigenvalue weighted by Gasteiger charge is -2.38. The molecule has 106 valence electrons. The number of hydrogen-bond donors (Lipinski definition) is 1. The van der Waals surface area contributed by atoms with Crippen LogP contribution in [-0.4, -0.2) is 43.7 Å². The van der Waals surface area contributed by atoms with E-state index in [1.807, 2.05) is 0 Å². The third-order valence-corrected chi connectivity index (χ3v) is 4.02. The fourth-order valence-corrected chi connectivity index (χ4v) is 2.68. The second-order valence-corrected chi connectivity index (χ2v) is 5.68. The lowest BCUT2D eigenvalue weighted by atomic mass is 10.1. The van der Waals surface area contributed by atoms with Gasteiger partial charge in [-0.1, -0.05) is 12.1 Å². The summed E-state index contributed by atoms with van der Waals surface area (Å²) in [5, 5.41) is 0. The van der Waals surface area contributed by atoms with Crippen LogP contribution in [0, 0.1) is 0 Å². The van der Waals surface area contributed by atoms with Crippen LogP contribution in [-0.2, 0) is 6.42 Å².